The summed E-state index contributed by atoms with van der Waals surface area (Å²) in [6.45, 7) is 2.43. The number of benzene rings is 2. The fourth-order valence-electron chi connectivity index (χ4n) is 2.30. The second kappa shape index (κ2) is 10.4. The molecule has 0 saturated carbocycles. The van der Waals surface area contributed by atoms with Crippen molar-refractivity contribution < 1.29 is 27.4 Å². The number of hydrogen-bond donors (Lipinski definition) is 1. The fourth-order valence-corrected chi connectivity index (χ4v) is 3.08. The van der Waals surface area contributed by atoms with Gasteiger partial charge in [0, 0.05) is 12.9 Å². The van der Waals surface area contributed by atoms with Gasteiger partial charge in [-0.3, -0.25) is 4.79 Å². The van der Waals surface area contributed by atoms with Crippen LogP contribution in [0, 0.1) is 6.92 Å². The van der Waals surface area contributed by atoms with Crippen molar-refractivity contribution in [1.29, 1.82) is 0 Å². The average molecular weight is 413 g/mol. The van der Waals surface area contributed by atoms with Crippen molar-refractivity contribution in [1.82, 2.24) is 0 Å². The van der Waals surface area contributed by atoms with Gasteiger partial charge in [-0.2, -0.15) is 13.2 Å². The molecule has 2 aromatic carbocycles. The number of nitrogens with one attached hydrogen (secondary N) is 1. The lowest BCUT2D eigenvalue weighted by Crippen LogP contribution is -2.17. The Bertz CT molecular complexity index is 779. The third-order valence-corrected chi connectivity index (χ3v) is 4.75. The van der Waals surface area contributed by atoms with E-state index in [9.17, 15) is 18.0 Å². The number of alkyl halides is 3. The highest BCUT2D eigenvalue weighted by molar-refractivity contribution is 7.99. The normalized spacial score (nSPS) is 11.3. The number of aryl methyl sites for hydroxylation is 1. The SMILES string of the molecule is COCCOc1ccc(C(F)(F)F)cc1NC(=O)CSCc1ccc(C)cc1. The van der Waals surface area contributed by atoms with Crippen LogP contribution in [0.5, 0.6) is 5.75 Å². The first-order valence-corrected chi connectivity index (χ1v) is 9.71. The van der Waals surface area contributed by atoms with Gasteiger partial charge in [0.05, 0.1) is 23.6 Å². The van der Waals surface area contributed by atoms with E-state index in [1.54, 1.807) is 0 Å². The maximum atomic E-state index is 13.0. The summed E-state index contributed by atoms with van der Waals surface area (Å²) in [5.41, 5.74) is 1.36. The van der Waals surface area contributed by atoms with Gasteiger partial charge in [0.1, 0.15) is 12.4 Å². The van der Waals surface area contributed by atoms with Gasteiger partial charge in [-0.15, -0.1) is 11.8 Å². The van der Waals surface area contributed by atoms with Crippen LogP contribution in [0.2, 0.25) is 0 Å². The number of carbonyl (C=O) groups is 1. The first kappa shape index (κ1) is 22.1. The number of carbonyl (C=O) groups excluding carboxylic acids is 1. The molecule has 8 heteroatoms. The van der Waals surface area contributed by atoms with Crippen LogP contribution in [-0.4, -0.2) is 32.0 Å². The van der Waals surface area contributed by atoms with Crippen LogP contribution in [0.4, 0.5) is 18.9 Å². The number of amides is 1. The van der Waals surface area contributed by atoms with Gasteiger partial charge >= 0.3 is 6.18 Å². The van der Waals surface area contributed by atoms with E-state index in [-0.39, 0.29) is 30.4 Å². The van der Waals surface area contributed by atoms with E-state index in [4.69, 9.17) is 9.47 Å². The molecule has 0 bridgehead atoms. The molecule has 0 spiro atoms. The van der Waals surface area contributed by atoms with Gasteiger partial charge in [-0.1, -0.05) is 29.8 Å². The predicted octanol–water partition coefficient (Wildman–Crippen LogP) is 4.91. The third-order valence-electron chi connectivity index (χ3n) is 3.75. The summed E-state index contributed by atoms with van der Waals surface area (Å²) in [4.78, 5) is 12.2. The van der Waals surface area contributed by atoms with Crippen molar-refractivity contribution in [2.45, 2.75) is 18.9 Å². The summed E-state index contributed by atoms with van der Waals surface area (Å²) in [6, 6.07) is 10.9. The Morgan fingerprint density at radius 3 is 2.46 bits per heavy atom. The molecule has 0 atom stereocenters. The molecule has 0 saturated heterocycles. The molecule has 0 aliphatic rings. The van der Waals surface area contributed by atoms with Crippen molar-refractivity contribution in [3.05, 3.63) is 59.2 Å². The highest BCUT2D eigenvalue weighted by Gasteiger charge is 2.31. The van der Waals surface area contributed by atoms with E-state index in [0.29, 0.717) is 5.75 Å². The zero-order valence-electron chi connectivity index (χ0n) is 15.6. The van der Waals surface area contributed by atoms with Gasteiger partial charge in [0.15, 0.2) is 0 Å². The lowest BCUT2D eigenvalue weighted by Gasteiger charge is -2.15. The highest BCUT2D eigenvalue weighted by atomic mass is 32.2. The molecule has 0 aliphatic heterocycles. The summed E-state index contributed by atoms with van der Waals surface area (Å²) in [6.07, 6.45) is -4.51. The van der Waals surface area contributed by atoms with Crippen LogP contribution in [0.3, 0.4) is 0 Å². The molecule has 2 rings (SSSR count). The zero-order chi connectivity index (χ0) is 20.6. The van der Waals surface area contributed by atoms with Crippen molar-refractivity contribution >= 4 is 23.4 Å². The number of anilines is 1. The minimum Gasteiger partial charge on any atom is -0.489 e. The first-order chi connectivity index (χ1) is 13.3. The van der Waals surface area contributed by atoms with Crippen LogP contribution in [-0.2, 0) is 21.5 Å². The minimum atomic E-state index is -4.51. The Hall–Kier alpha value is -2.19. The van der Waals surface area contributed by atoms with Crippen molar-refractivity contribution in [3.63, 3.8) is 0 Å². The quantitative estimate of drug-likeness (QED) is 0.594. The summed E-state index contributed by atoms with van der Waals surface area (Å²) in [7, 11) is 1.49. The van der Waals surface area contributed by atoms with E-state index in [1.165, 1.54) is 24.9 Å². The summed E-state index contributed by atoms with van der Waals surface area (Å²) in [5, 5.41) is 2.52. The van der Waals surface area contributed by atoms with E-state index < -0.39 is 17.6 Å². The largest absolute Gasteiger partial charge is 0.489 e. The number of halogens is 3. The van der Waals surface area contributed by atoms with Crippen molar-refractivity contribution in [2.24, 2.45) is 0 Å². The number of hydrogen-bond acceptors (Lipinski definition) is 4. The average Bonchev–Trinajstić information content (AvgIpc) is 2.64. The number of ether oxygens (including phenoxy) is 2. The van der Waals surface area contributed by atoms with E-state index in [0.717, 1.165) is 23.3 Å². The molecule has 0 heterocycles. The highest BCUT2D eigenvalue weighted by Crippen LogP contribution is 2.35. The fraction of sp³-hybridized carbons (Fsp3) is 0.350. The van der Waals surface area contributed by atoms with Crippen LogP contribution in [0.15, 0.2) is 42.5 Å². The Balaban J connectivity index is 2.00. The van der Waals surface area contributed by atoms with Crippen LogP contribution in [0.1, 0.15) is 16.7 Å². The molecule has 0 unspecified atom stereocenters. The number of methoxy groups -OCH3 is 1. The monoisotopic (exact) mass is 413 g/mol. The van der Waals surface area contributed by atoms with Gasteiger partial charge < -0.3 is 14.8 Å². The summed E-state index contributed by atoms with van der Waals surface area (Å²) in [5.74, 6) is 0.518. The lowest BCUT2D eigenvalue weighted by atomic mass is 10.1. The molecule has 0 aromatic heterocycles. The van der Waals surface area contributed by atoms with Crippen molar-refractivity contribution in [2.75, 3.05) is 31.4 Å². The Kier molecular flexibility index (Phi) is 8.19. The molecule has 1 N–H and O–H groups in total. The van der Waals surface area contributed by atoms with Crippen LogP contribution in [0.25, 0.3) is 0 Å². The predicted molar refractivity (Wildman–Crippen MR) is 105 cm³/mol. The second-order valence-corrected chi connectivity index (χ2v) is 7.06. The van der Waals surface area contributed by atoms with E-state index >= 15 is 0 Å². The van der Waals surface area contributed by atoms with Crippen molar-refractivity contribution in [3.8, 4) is 5.75 Å². The molecular formula is C20H22F3NO3S. The summed E-state index contributed by atoms with van der Waals surface area (Å²) < 4.78 is 49.2. The van der Waals surface area contributed by atoms with E-state index in [1.807, 2.05) is 31.2 Å². The molecule has 0 radical (unpaired) electrons. The lowest BCUT2D eigenvalue weighted by molar-refractivity contribution is -0.137. The maximum Gasteiger partial charge on any atom is 0.416 e. The molecule has 1 amide bonds. The first-order valence-electron chi connectivity index (χ1n) is 8.55. The van der Waals surface area contributed by atoms with Gasteiger partial charge in [-0.25, -0.2) is 0 Å². The number of thioether (sulfide) groups is 1. The molecule has 28 heavy (non-hydrogen) atoms. The van der Waals surface area contributed by atoms with Gasteiger partial charge in [-0.05, 0) is 30.7 Å². The number of rotatable bonds is 9. The second-order valence-electron chi connectivity index (χ2n) is 6.08. The van der Waals surface area contributed by atoms with Gasteiger partial charge in [0.2, 0.25) is 5.91 Å². The maximum absolute atomic E-state index is 13.0. The minimum absolute atomic E-state index is 0.00753. The topological polar surface area (TPSA) is 47.6 Å². The van der Waals surface area contributed by atoms with Crippen LogP contribution < -0.4 is 10.1 Å². The zero-order valence-corrected chi connectivity index (χ0v) is 16.5. The molecular weight excluding hydrogens is 391 g/mol. The standard InChI is InChI=1S/C20H22F3NO3S/c1-14-3-5-15(6-4-14)12-28-13-19(25)24-17-11-16(20(21,22)23)7-8-18(17)27-10-9-26-2/h3-8,11H,9-10,12-13H2,1-2H3,(H,24,25). The molecule has 2 aromatic rings. The molecule has 152 valence electrons. The molecule has 4 nitrogen and oxygen atoms in total. The Morgan fingerprint density at radius 2 is 1.82 bits per heavy atom. The smallest absolute Gasteiger partial charge is 0.416 e. The Morgan fingerprint density at radius 1 is 1.11 bits per heavy atom. The Labute approximate surface area is 166 Å². The third kappa shape index (κ3) is 7.09. The van der Waals surface area contributed by atoms with Gasteiger partial charge in [0.25, 0.3) is 0 Å². The molecule has 0 fully saturated rings. The van der Waals surface area contributed by atoms with Crippen LogP contribution >= 0.6 is 11.8 Å². The van der Waals surface area contributed by atoms with E-state index in [2.05, 4.69) is 5.32 Å². The molecule has 0 aliphatic carbocycles. The summed E-state index contributed by atoms with van der Waals surface area (Å²) >= 11 is 1.38.